The van der Waals surface area contributed by atoms with Gasteiger partial charge in [-0.25, -0.2) is 0 Å². The molecule has 0 radical (unpaired) electrons. The fourth-order valence-electron chi connectivity index (χ4n) is 10.1. The number of fused-ring (bicyclic) bond motifs is 13. The highest BCUT2D eigenvalue weighted by Crippen LogP contribution is 2.63. The van der Waals surface area contributed by atoms with Crippen LogP contribution in [0.25, 0.3) is 60.9 Å². The number of nitrogens with zero attached hydrogens (tertiary/aromatic N) is 2. The molecule has 2 aliphatic rings. The molecule has 1 unspecified atom stereocenters. The largest absolute Gasteiger partial charge is 0.399 e. The third kappa shape index (κ3) is 4.56. The first-order chi connectivity index (χ1) is 28.7. The van der Waals surface area contributed by atoms with Crippen molar-refractivity contribution in [2.75, 3.05) is 10.6 Å². The monoisotopic (exact) mass is 739 g/mol. The number of rotatable bonds is 5. The SMILES string of the molecule is Nc1ccc2c(c1)C1(c3ccccc3-2)c2ccccc2-c2ccc(N(c3ccccc3)c3ccc(-c4ccc5c(c4)c4ccccc4n5-c4ccccc4)cc3)cc21. The highest BCUT2D eigenvalue weighted by molar-refractivity contribution is 6.10. The molecule has 3 heteroatoms. The molecule has 10 aromatic rings. The van der Waals surface area contributed by atoms with E-state index in [9.17, 15) is 0 Å². The fraction of sp³-hybridized carbons (Fsp3) is 0.0182. The second-order valence-corrected chi connectivity index (χ2v) is 15.5. The third-order valence-electron chi connectivity index (χ3n) is 12.5. The molecule has 2 N–H and O–H groups in total. The Morgan fingerprint density at radius 1 is 0.362 bits per heavy atom. The number of benzene rings is 9. The lowest BCUT2D eigenvalue weighted by Crippen LogP contribution is -2.26. The van der Waals surface area contributed by atoms with Crippen molar-refractivity contribution < 1.29 is 0 Å². The van der Waals surface area contributed by atoms with Crippen molar-refractivity contribution in [3.05, 3.63) is 235 Å². The quantitative estimate of drug-likeness (QED) is 0.178. The first-order valence-corrected chi connectivity index (χ1v) is 20.0. The maximum atomic E-state index is 6.61. The molecule has 0 bridgehead atoms. The van der Waals surface area contributed by atoms with Crippen LogP contribution < -0.4 is 10.6 Å². The lowest BCUT2D eigenvalue weighted by molar-refractivity contribution is 0.794. The Labute approximate surface area is 337 Å². The predicted octanol–water partition coefficient (Wildman–Crippen LogP) is 13.8. The van der Waals surface area contributed by atoms with Gasteiger partial charge in [0.25, 0.3) is 0 Å². The van der Waals surface area contributed by atoms with Crippen LogP contribution in [0.5, 0.6) is 0 Å². The van der Waals surface area contributed by atoms with Crippen LogP contribution >= 0.6 is 0 Å². The molecule has 0 saturated heterocycles. The summed E-state index contributed by atoms with van der Waals surface area (Å²) < 4.78 is 2.37. The van der Waals surface area contributed by atoms with E-state index in [2.05, 4.69) is 216 Å². The van der Waals surface area contributed by atoms with Crippen molar-refractivity contribution in [2.24, 2.45) is 0 Å². The van der Waals surface area contributed by atoms with Gasteiger partial charge >= 0.3 is 0 Å². The van der Waals surface area contributed by atoms with Crippen LogP contribution in [0.1, 0.15) is 22.3 Å². The summed E-state index contributed by atoms with van der Waals surface area (Å²) in [5.74, 6) is 0. The van der Waals surface area contributed by atoms with E-state index in [1.807, 2.05) is 6.07 Å². The van der Waals surface area contributed by atoms with Gasteiger partial charge < -0.3 is 15.2 Å². The molecule has 0 fully saturated rings. The first kappa shape index (κ1) is 32.6. The van der Waals surface area contributed by atoms with Crippen molar-refractivity contribution in [1.29, 1.82) is 0 Å². The first-order valence-electron chi connectivity index (χ1n) is 20.0. The highest BCUT2D eigenvalue weighted by Gasteiger charge is 2.51. The minimum absolute atomic E-state index is 0.488. The van der Waals surface area contributed by atoms with Crippen LogP contribution in [0.15, 0.2) is 212 Å². The van der Waals surface area contributed by atoms with Crippen molar-refractivity contribution >= 4 is 44.6 Å². The van der Waals surface area contributed by atoms with Gasteiger partial charge in [-0.3, -0.25) is 0 Å². The molecule has 3 nitrogen and oxygen atoms in total. The molecule has 0 saturated carbocycles. The average Bonchev–Trinajstić information content (AvgIpc) is 3.88. The Hall–Kier alpha value is -7.62. The summed E-state index contributed by atoms with van der Waals surface area (Å²) in [6.45, 7) is 0. The van der Waals surface area contributed by atoms with Crippen LogP contribution in [0.4, 0.5) is 22.7 Å². The molecular weight excluding hydrogens is 703 g/mol. The number of nitrogen functional groups attached to an aromatic ring is 1. The minimum atomic E-state index is -0.488. The number of hydrogen-bond acceptors (Lipinski definition) is 2. The Morgan fingerprint density at radius 3 is 1.64 bits per heavy atom. The molecule has 272 valence electrons. The van der Waals surface area contributed by atoms with Gasteiger partial charge in [-0.2, -0.15) is 0 Å². The highest BCUT2D eigenvalue weighted by atomic mass is 15.1. The average molecular weight is 740 g/mol. The Bertz CT molecular complexity index is 3220. The summed E-state index contributed by atoms with van der Waals surface area (Å²) in [5.41, 5.74) is 26.3. The third-order valence-corrected chi connectivity index (χ3v) is 12.5. The Balaban J connectivity index is 1.01. The molecule has 2 aliphatic carbocycles. The maximum absolute atomic E-state index is 6.61. The molecule has 1 spiro atoms. The zero-order chi connectivity index (χ0) is 38.4. The van der Waals surface area contributed by atoms with Gasteiger partial charge in [0.1, 0.15) is 0 Å². The van der Waals surface area contributed by atoms with Crippen LogP contribution in [-0.2, 0) is 5.41 Å². The van der Waals surface area contributed by atoms with Crippen LogP contribution in [-0.4, -0.2) is 4.57 Å². The molecule has 0 amide bonds. The number of aromatic nitrogens is 1. The van der Waals surface area contributed by atoms with Crippen molar-refractivity contribution in [3.8, 4) is 39.1 Å². The molecule has 0 aliphatic heterocycles. The van der Waals surface area contributed by atoms with E-state index in [1.54, 1.807) is 0 Å². The lowest BCUT2D eigenvalue weighted by atomic mass is 9.70. The number of nitrogens with two attached hydrogens (primary N) is 1. The molecule has 9 aromatic carbocycles. The van der Waals surface area contributed by atoms with Gasteiger partial charge in [-0.1, -0.05) is 133 Å². The van der Waals surface area contributed by atoms with E-state index < -0.39 is 5.41 Å². The van der Waals surface area contributed by atoms with Gasteiger partial charge in [0.2, 0.25) is 0 Å². The van der Waals surface area contributed by atoms with E-state index in [0.717, 1.165) is 22.7 Å². The van der Waals surface area contributed by atoms with Gasteiger partial charge in [-0.05, 0) is 134 Å². The van der Waals surface area contributed by atoms with E-state index in [4.69, 9.17) is 5.73 Å². The van der Waals surface area contributed by atoms with E-state index in [1.165, 1.54) is 83.1 Å². The van der Waals surface area contributed by atoms with Crippen LogP contribution in [0.3, 0.4) is 0 Å². The van der Waals surface area contributed by atoms with Crippen LogP contribution in [0.2, 0.25) is 0 Å². The minimum Gasteiger partial charge on any atom is -0.399 e. The van der Waals surface area contributed by atoms with Gasteiger partial charge in [0.15, 0.2) is 0 Å². The van der Waals surface area contributed by atoms with Crippen molar-refractivity contribution in [3.63, 3.8) is 0 Å². The topological polar surface area (TPSA) is 34.2 Å². The van der Waals surface area contributed by atoms with Crippen molar-refractivity contribution in [2.45, 2.75) is 5.41 Å². The molecule has 58 heavy (non-hydrogen) atoms. The van der Waals surface area contributed by atoms with Crippen LogP contribution in [0, 0.1) is 0 Å². The summed E-state index contributed by atoms with van der Waals surface area (Å²) in [4.78, 5) is 2.39. The van der Waals surface area contributed by atoms with E-state index in [0.29, 0.717) is 0 Å². The smallest absolute Gasteiger partial charge is 0.0727 e. The Morgan fingerprint density at radius 2 is 0.897 bits per heavy atom. The second-order valence-electron chi connectivity index (χ2n) is 15.5. The number of para-hydroxylation sites is 3. The molecule has 1 heterocycles. The van der Waals surface area contributed by atoms with E-state index >= 15 is 0 Å². The molecule has 12 rings (SSSR count). The number of hydrogen-bond donors (Lipinski definition) is 1. The number of anilines is 4. The summed E-state index contributed by atoms with van der Waals surface area (Å²) in [7, 11) is 0. The summed E-state index contributed by atoms with van der Waals surface area (Å²) in [6.07, 6.45) is 0. The standard InChI is InChI=1S/C55H37N3/c56-38-26-30-45-43-17-7-10-20-49(43)55(51(45)34-38)50-21-11-8-18-44(50)46-31-29-42(35-52(46)55)57(39-13-3-1-4-14-39)41-27-23-36(24-28-41)37-25-32-54-48(33-37)47-19-9-12-22-53(47)58(54)40-15-5-2-6-16-40/h1-35H,56H2. The summed E-state index contributed by atoms with van der Waals surface area (Å²) >= 11 is 0. The van der Waals surface area contributed by atoms with Gasteiger partial charge in [0.05, 0.1) is 16.4 Å². The van der Waals surface area contributed by atoms with Gasteiger partial charge in [-0.15, -0.1) is 0 Å². The Kier molecular flexibility index (Phi) is 6.99. The lowest BCUT2D eigenvalue weighted by Gasteiger charge is -2.32. The molecule has 1 atom stereocenters. The fourth-order valence-corrected chi connectivity index (χ4v) is 10.1. The maximum Gasteiger partial charge on any atom is 0.0727 e. The normalized spacial score (nSPS) is 14.7. The van der Waals surface area contributed by atoms with Gasteiger partial charge in [0, 0.05) is 39.2 Å². The van der Waals surface area contributed by atoms with Crippen molar-refractivity contribution in [1.82, 2.24) is 4.57 Å². The zero-order valence-electron chi connectivity index (χ0n) is 31.7. The summed E-state index contributed by atoms with van der Waals surface area (Å²) in [6, 6.07) is 77.3. The zero-order valence-corrected chi connectivity index (χ0v) is 31.7. The second kappa shape index (κ2) is 12.4. The van der Waals surface area contributed by atoms with E-state index in [-0.39, 0.29) is 0 Å². The molecular formula is C55H37N3. The molecule has 1 aromatic heterocycles. The predicted molar refractivity (Wildman–Crippen MR) is 242 cm³/mol. The summed E-state index contributed by atoms with van der Waals surface area (Å²) in [5, 5.41) is 2.50.